The molecule has 1 atom stereocenters. The molecule has 41 heavy (non-hydrogen) atoms. The maximum atomic E-state index is 14.0. The third-order valence-corrected chi connectivity index (χ3v) is 8.46. The molecule has 0 aliphatic heterocycles. The summed E-state index contributed by atoms with van der Waals surface area (Å²) in [7, 11) is -1.22. The fourth-order valence-electron chi connectivity index (χ4n) is 4.06. The van der Waals surface area contributed by atoms with Gasteiger partial charge in [0, 0.05) is 13.1 Å². The van der Waals surface area contributed by atoms with E-state index in [4.69, 9.17) is 21.1 Å². The van der Waals surface area contributed by atoms with Crippen molar-refractivity contribution < 1.29 is 27.5 Å². The quantitative estimate of drug-likeness (QED) is 0.303. The van der Waals surface area contributed by atoms with Crippen LogP contribution in [-0.4, -0.2) is 58.5 Å². The number of hydrogen-bond acceptors (Lipinski definition) is 6. The van der Waals surface area contributed by atoms with E-state index in [1.165, 1.54) is 49.5 Å². The number of carbonyl (C=O) groups excluding carboxylic acids is 2. The molecule has 3 aromatic rings. The predicted octanol–water partition coefficient (Wildman–Crippen LogP) is 4.74. The highest BCUT2D eigenvalue weighted by atomic mass is 35.5. The number of halogens is 1. The van der Waals surface area contributed by atoms with Crippen LogP contribution in [-0.2, 0) is 26.2 Å². The number of carbonyl (C=O) groups is 2. The number of anilines is 1. The first-order chi connectivity index (χ1) is 19.5. The highest BCUT2D eigenvalue weighted by Gasteiger charge is 2.33. The molecule has 0 spiro atoms. The molecule has 3 rings (SSSR count). The van der Waals surface area contributed by atoms with Crippen LogP contribution in [0.5, 0.6) is 11.5 Å². The first-order valence-corrected chi connectivity index (χ1v) is 14.9. The highest BCUT2D eigenvalue weighted by molar-refractivity contribution is 7.92. The molecule has 0 radical (unpaired) electrons. The molecule has 0 saturated carbocycles. The summed E-state index contributed by atoms with van der Waals surface area (Å²) in [6, 6.07) is 18.5. The number of amides is 2. The van der Waals surface area contributed by atoms with E-state index in [9.17, 15) is 18.0 Å². The van der Waals surface area contributed by atoms with Gasteiger partial charge in [-0.1, -0.05) is 55.8 Å². The van der Waals surface area contributed by atoms with Crippen LogP contribution in [0.2, 0.25) is 5.02 Å². The van der Waals surface area contributed by atoms with Crippen molar-refractivity contribution in [3.8, 4) is 11.5 Å². The molecule has 0 aliphatic rings. The largest absolute Gasteiger partial charge is 0.497 e. The summed E-state index contributed by atoms with van der Waals surface area (Å²) >= 11 is 6.35. The first-order valence-electron chi connectivity index (χ1n) is 13.1. The zero-order valence-corrected chi connectivity index (χ0v) is 25.4. The molecular formula is C30H36ClN3O6S. The van der Waals surface area contributed by atoms with Gasteiger partial charge in [0.15, 0.2) is 0 Å². The van der Waals surface area contributed by atoms with Gasteiger partial charge < -0.3 is 19.7 Å². The Labute approximate surface area is 247 Å². The van der Waals surface area contributed by atoms with Gasteiger partial charge >= 0.3 is 0 Å². The SMILES string of the molecule is COc1cccc(CN(C(=O)CN(c2ccc(OC)c(Cl)c2)S(=O)(=O)c2ccccc2)C(C)C(=O)NCC(C)C)c1. The first kappa shape index (κ1) is 31.8. The second-order valence-electron chi connectivity index (χ2n) is 9.83. The maximum absolute atomic E-state index is 14.0. The number of methoxy groups -OCH3 is 2. The maximum Gasteiger partial charge on any atom is 0.264 e. The number of sulfonamides is 1. The van der Waals surface area contributed by atoms with E-state index in [1.807, 2.05) is 19.9 Å². The Morgan fingerprint density at radius 3 is 2.24 bits per heavy atom. The molecule has 1 unspecified atom stereocenters. The fraction of sp³-hybridized carbons (Fsp3) is 0.333. The van der Waals surface area contributed by atoms with Gasteiger partial charge in [0.2, 0.25) is 11.8 Å². The number of hydrogen-bond donors (Lipinski definition) is 1. The van der Waals surface area contributed by atoms with E-state index in [2.05, 4.69) is 5.32 Å². The van der Waals surface area contributed by atoms with Crippen molar-refractivity contribution in [2.45, 2.75) is 38.3 Å². The Morgan fingerprint density at radius 1 is 0.927 bits per heavy atom. The molecular weight excluding hydrogens is 566 g/mol. The lowest BCUT2D eigenvalue weighted by molar-refractivity contribution is -0.139. The lowest BCUT2D eigenvalue weighted by Gasteiger charge is -2.32. The molecule has 220 valence electrons. The number of rotatable bonds is 13. The van der Waals surface area contributed by atoms with Gasteiger partial charge in [-0.2, -0.15) is 0 Å². The smallest absolute Gasteiger partial charge is 0.264 e. The van der Waals surface area contributed by atoms with Gasteiger partial charge in [0.25, 0.3) is 10.0 Å². The van der Waals surface area contributed by atoms with E-state index in [-0.39, 0.29) is 34.0 Å². The molecule has 0 fully saturated rings. The second-order valence-corrected chi connectivity index (χ2v) is 12.1. The fourth-order valence-corrected chi connectivity index (χ4v) is 5.74. The van der Waals surface area contributed by atoms with Crippen LogP contribution in [0.4, 0.5) is 5.69 Å². The monoisotopic (exact) mass is 601 g/mol. The van der Waals surface area contributed by atoms with Crippen molar-refractivity contribution in [1.29, 1.82) is 0 Å². The number of nitrogens with one attached hydrogen (secondary N) is 1. The summed E-state index contributed by atoms with van der Waals surface area (Å²) in [6.45, 7) is 5.46. The molecule has 0 saturated heterocycles. The Morgan fingerprint density at radius 2 is 1.63 bits per heavy atom. The van der Waals surface area contributed by atoms with Crippen molar-refractivity contribution in [2.24, 2.45) is 5.92 Å². The van der Waals surface area contributed by atoms with Crippen LogP contribution in [0, 0.1) is 5.92 Å². The zero-order valence-electron chi connectivity index (χ0n) is 23.8. The molecule has 1 N–H and O–H groups in total. The molecule has 0 aromatic heterocycles. The van der Waals surface area contributed by atoms with Crippen LogP contribution in [0.3, 0.4) is 0 Å². The highest BCUT2D eigenvalue weighted by Crippen LogP contribution is 2.32. The summed E-state index contributed by atoms with van der Waals surface area (Å²) in [4.78, 5) is 28.5. The van der Waals surface area contributed by atoms with Gasteiger partial charge in [0.1, 0.15) is 24.1 Å². The van der Waals surface area contributed by atoms with Crippen LogP contribution < -0.4 is 19.1 Å². The van der Waals surface area contributed by atoms with Crippen LogP contribution in [0.15, 0.2) is 77.7 Å². The van der Waals surface area contributed by atoms with Crippen LogP contribution in [0.25, 0.3) is 0 Å². The Hall–Kier alpha value is -3.76. The molecule has 3 aromatic carbocycles. The van der Waals surface area contributed by atoms with Gasteiger partial charge in [-0.25, -0.2) is 8.42 Å². The average molecular weight is 602 g/mol. The van der Waals surface area contributed by atoms with E-state index in [1.54, 1.807) is 43.3 Å². The third kappa shape index (κ3) is 8.14. The lowest BCUT2D eigenvalue weighted by Crippen LogP contribution is -2.51. The Balaban J connectivity index is 2.04. The van der Waals surface area contributed by atoms with E-state index in [0.29, 0.717) is 23.6 Å². The minimum Gasteiger partial charge on any atom is -0.497 e. The molecule has 0 heterocycles. The summed E-state index contributed by atoms with van der Waals surface area (Å²) in [5.41, 5.74) is 0.886. The summed E-state index contributed by atoms with van der Waals surface area (Å²) < 4.78 is 39.3. The Bertz CT molecular complexity index is 1450. The molecule has 0 bridgehead atoms. The normalized spacial score (nSPS) is 12.0. The summed E-state index contributed by atoms with van der Waals surface area (Å²) in [5, 5.41) is 3.05. The standard InChI is InChI=1S/C30H36ClN3O6S/c1-21(2)18-32-30(36)22(3)33(19-23-10-9-11-25(16-23)39-4)29(35)20-34(24-14-15-28(40-5)27(31)17-24)41(37,38)26-12-7-6-8-13-26/h6-17,21-22H,18-20H2,1-5H3,(H,32,36). The minimum absolute atomic E-state index is 0.00168. The molecule has 9 nitrogen and oxygen atoms in total. The number of nitrogens with zero attached hydrogens (tertiary/aromatic N) is 2. The van der Waals surface area contributed by atoms with Gasteiger partial charge in [-0.3, -0.25) is 13.9 Å². The average Bonchev–Trinajstić information content (AvgIpc) is 2.97. The van der Waals surface area contributed by atoms with Gasteiger partial charge in [0.05, 0.1) is 29.8 Å². The zero-order chi connectivity index (χ0) is 30.2. The molecule has 0 aliphatic carbocycles. The van der Waals surface area contributed by atoms with Crippen molar-refractivity contribution in [3.05, 3.63) is 83.4 Å². The van der Waals surface area contributed by atoms with Crippen molar-refractivity contribution in [1.82, 2.24) is 10.2 Å². The second kappa shape index (κ2) is 14.2. The van der Waals surface area contributed by atoms with Crippen molar-refractivity contribution in [2.75, 3.05) is 31.6 Å². The summed E-state index contributed by atoms with van der Waals surface area (Å²) in [5.74, 6) is 0.230. The van der Waals surface area contributed by atoms with Crippen LogP contribution >= 0.6 is 11.6 Å². The van der Waals surface area contributed by atoms with Crippen molar-refractivity contribution in [3.63, 3.8) is 0 Å². The molecule has 11 heteroatoms. The third-order valence-electron chi connectivity index (χ3n) is 6.37. The Kier molecular flexibility index (Phi) is 11.0. The van der Waals surface area contributed by atoms with E-state index >= 15 is 0 Å². The minimum atomic E-state index is -4.20. The van der Waals surface area contributed by atoms with Gasteiger partial charge in [-0.05, 0) is 60.9 Å². The van der Waals surface area contributed by atoms with Crippen LogP contribution in [0.1, 0.15) is 26.3 Å². The van der Waals surface area contributed by atoms with E-state index < -0.39 is 28.5 Å². The predicted molar refractivity (Wildman–Crippen MR) is 160 cm³/mol. The van der Waals surface area contributed by atoms with Crippen molar-refractivity contribution >= 4 is 39.1 Å². The summed E-state index contributed by atoms with van der Waals surface area (Å²) in [6.07, 6.45) is 0. The van der Waals surface area contributed by atoms with Gasteiger partial charge in [-0.15, -0.1) is 0 Å². The van der Waals surface area contributed by atoms with E-state index in [0.717, 1.165) is 4.31 Å². The number of benzene rings is 3. The lowest BCUT2D eigenvalue weighted by atomic mass is 10.1. The number of ether oxygens (including phenoxy) is 2. The topological polar surface area (TPSA) is 105 Å². The molecule has 2 amide bonds.